The zero-order chi connectivity index (χ0) is 24.3. The number of amides is 1. The summed E-state index contributed by atoms with van der Waals surface area (Å²) in [6.45, 7) is 3.41. The van der Waals surface area contributed by atoms with Crippen LogP contribution in [-0.2, 0) is 10.0 Å². The van der Waals surface area contributed by atoms with Gasteiger partial charge < -0.3 is 24.1 Å². The van der Waals surface area contributed by atoms with Crippen LogP contribution in [0.4, 0.5) is 11.6 Å². The molecule has 33 heavy (non-hydrogen) atoms. The third kappa shape index (κ3) is 4.91. The van der Waals surface area contributed by atoms with E-state index in [0.29, 0.717) is 38.7 Å². The third-order valence-electron chi connectivity index (χ3n) is 4.82. The normalized spacial score (nSPS) is 11.1. The van der Waals surface area contributed by atoms with E-state index in [9.17, 15) is 13.2 Å². The summed E-state index contributed by atoms with van der Waals surface area (Å²) in [4.78, 5) is 12.9. The van der Waals surface area contributed by atoms with Gasteiger partial charge in [0.1, 0.15) is 0 Å². The summed E-state index contributed by atoms with van der Waals surface area (Å²) >= 11 is 3.36. The van der Waals surface area contributed by atoms with Gasteiger partial charge in [0.2, 0.25) is 11.6 Å². The Morgan fingerprint density at radius 1 is 1.03 bits per heavy atom. The number of sulfonamides is 1. The van der Waals surface area contributed by atoms with Gasteiger partial charge in [-0.05, 0) is 60.1 Å². The standard InChI is InChI=1S/C21H22BrN3O7S/c1-11-12(2)24-32-21(11)25-33(27,28)14-8-6-13(7-9-14)23-20(26)15-10-16(29-3)18(30-4)19(31-5)17(15)22/h6-10,25H,1-5H3,(H,23,26). The zero-order valence-electron chi connectivity index (χ0n) is 18.5. The van der Waals surface area contributed by atoms with E-state index in [2.05, 4.69) is 31.1 Å². The van der Waals surface area contributed by atoms with Gasteiger partial charge in [0.15, 0.2) is 11.5 Å². The Bertz CT molecular complexity index is 1290. The van der Waals surface area contributed by atoms with Crippen LogP contribution < -0.4 is 24.2 Å². The van der Waals surface area contributed by atoms with Crippen molar-refractivity contribution < 1.29 is 31.9 Å². The zero-order valence-corrected chi connectivity index (χ0v) is 20.9. The Kier molecular flexibility index (Phi) is 7.18. The summed E-state index contributed by atoms with van der Waals surface area (Å²) in [5.41, 5.74) is 1.80. The molecule has 0 radical (unpaired) electrons. The number of aryl methyl sites for hydroxylation is 1. The molecule has 2 aromatic carbocycles. The van der Waals surface area contributed by atoms with Gasteiger partial charge in [-0.25, -0.2) is 13.1 Å². The van der Waals surface area contributed by atoms with Crippen molar-refractivity contribution >= 4 is 43.4 Å². The molecule has 0 unspecified atom stereocenters. The SMILES string of the molecule is COc1cc(C(=O)Nc2ccc(S(=O)(=O)Nc3onc(C)c3C)cc2)c(Br)c(OC)c1OC. The number of ether oxygens (including phenoxy) is 3. The first-order valence-corrected chi connectivity index (χ1v) is 11.8. The second-order valence-corrected chi connectivity index (χ2v) is 9.29. The van der Waals surface area contributed by atoms with Crippen LogP contribution in [0.15, 0.2) is 44.2 Å². The summed E-state index contributed by atoms with van der Waals surface area (Å²) in [6.07, 6.45) is 0. The number of halogens is 1. The highest BCUT2D eigenvalue weighted by Crippen LogP contribution is 2.44. The third-order valence-corrected chi connectivity index (χ3v) is 6.95. The molecule has 0 bridgehead atoms. The molecule has 0 saturated carbocycles. The largest absolute Gasteiger partial charge is 0.493 e. The molecule has 0 aliphatic rings. The fourth-order valence-corrected chi connectivity index (χ4v) is 4.58. The number of hydrogen-bond donors (Lipinski definition) is 2. The maximum atomic E-state index is 12.9. The number of benzene rings is 2. The number of carbonyl (C=O) groups is 1. The van der Waals surface area contributed by atoms with Crippen LogP contribution in [0.5, 0.6) is 17.2 Å². The van der Waals surface area contributed by atoms with E-state index in [1.165, 1.54) is 51.7 Å². The monoisotopic (exact) mass is 539 g/mol. The predicted molar refractivity (Wildman–Crippen MR) is 125 cm³/mol. The van der Waals surface area contributed by atoms with Gasteiger partial charge in [-0.2, -0.15) is 0 Å². The van der Waals surface area contributed by atoms with Gasteiger partial charge in [0, 0.05) is 11.3 Å². The van der Waals surface area contributed by atoms with Crippen molar-refractivity contribution in [3.8, 4) is 17.2 Å². The topological polar surface area (TPSA) is 129 Å². The fourth-order valence-electron chi connectivity index (χ4n) is 2.89. The second kappa shape index (κ2) is 9.71. The molecule has 0 saturated heterocycles. The summed E-state index contributed by atoms with van der Waals surface area (Å²) in [6, 6.07) is 7.17. The van der Waals surface area contributed by atoms with E-state index in [0.717, 1.165) is 0 Å². The highest BCUT2D eigenvalue weighted by atomic mass is 79.9. The van der Waals surface area contributed by atoms with Crippen molar-refractivity contribution in [3.63, 3.8) is 0 Å². The molecule has 10 nitrogen and oxygen atoms in total. The van der Waals surface area contributed by atoms with Gasteiger partial charge in [0.25, 0.3) is 15.9 Å². The van der Waals surface area contributed by atoms with Crippen LogP contribution in [0.25, 0.3) is 0 Å². The molecule has 3 rings (SSSR count). The van der Waals surface area contributed by atoms with Crippen molar-refractivity contribution in [2.45, 2.75) is 18.7 Å². The lowest BCUT2D eigenvalue weighted by molar-refractivity contribution is 0.102. The minimum Gasteiger partial charge on any atom is -0.493 e. The molecular weight excluding hydrogens is 518 g/mol. The van der Waals surface area contributed by atoms with Gasteiger partial charge >= 0.3 is 0 Å². The van der Waals surface area contributed by atoms with Crippen LogP contribution in [-0.4, -0.2) is 40.8 Å². The van der Waals surface area contributed by atoms with Crippen LogP contribution in [0.3, 0.4) is 0 Å². The molecule has 1 amide bonds. The first-order chi connectivity index (χ1) is 15.6. The number of carbonyl (C=O) groups excluding carboxylic acids is 1. The van der Waals surface area contributed by atoms with Crippen LogP contribution in [0.1, 0.15) is 21.6 Å². The van der Waals surface area contributed by atoms with E-state index in [1.807, 2.05) is 0 Å². The van der Waals surface area contributed by atoms with Gasteiger partial charge in [-0.3, -0.25) is 4.79 Å². The average Bonchev–Trinajstić information content (AvgIpc) is 3.10. The van der Waals surface area contributed by atoms with Crippen molar-refractivity contribution in [2.24, 2.45) is 0 Å². The highest BCUT2D eigenvalue weighted by Gasteiger charge is 2.23. The second-order valence-electron chi connectivity index (χ2n) is 6.81. The Balaban J connectivity index is 1.83. The molecule has 1 heterocycles. The number of rotatable bonds is 8. The Hall–Kier alpha value is -3.25. The Morgan fingerprint density at radius 3 is 2.18 bits per heavy atom. The lowest BCUT2D eigenvalue weighted by Gasteiger charge is -2.16. The quantitative estimate of drug-likeness (QED) is 0.437. The number of nitrogens with one attached hydrogen (secondary N) is 2. The number of hydrogen-bond acceptors (Lipinski definition) is 8. The summed E-state index contributed by atoms with van der Waals surface area (Å²) in [7, 11) is 0.446. The van der Waals surface area contributed by atoms with Crippen molar-refractivity contribution in [2.75, 3.05) is 31.4 Å². The predicted octanol–water partition coefficient (Wildman–Crippen LogP) is 4.13. The fraction of sp³-hybridized carbons (Fsp3) is 0.238. The summed E-state index contributed by atoms with van der Waals surface area (Å²) in [5, 5.41) is 6.45. The van der Waals surface area contributed by atoms with E-state index in [1.54, 1.807) is 13.8 Å². The van der Waals surface area contributed by atoms with E-state index < -0.39 is 15.9 Å². The molecule has 3 aromatic rings. The smallest absolute Gasteiger partial charge is 0.264 e. The molecule has 176 valence electrons. The average molecular weight is 540 g/mol. The minimum atomic E-state index is -3.90. The highest BCUT2D eigenvalue weighted by molar-refractivity contribution is 9.10. The molecule has 0 fully saturated rings. The summed E-state index contributed by atoms with van der Waals surface area (Å²) < 4.78 is 49.0. The summed E-state index contributed by atoms with van der Waals surface area (Å²) in [5.74, 6) is 0.531. The lowest BCUT2D eigenvalue weighted by Crippen LogP contribution is -2.15. The molecule has 0 aliphatic carbocycles. The lowest BCUT2D eigenvalue weighted by atomic mass is 10.1. The number of aromatic nitrogens is 1. The van der Waals surface area contributed by atoms with E-state index >= 15 is 0 Å². The number of nitrogens with zero attached hydrogens (tertiary/aromatic N) is 1. The van der Waals surface area contributed by atoms with Crippen molar-refractivity contribution in [1.29, 1.82) is 0 Å². The first kappa shape index (κ1) is 24.4. The van der Waals surface area contributed by atoms with Crippen LogP contribution in [0, 0.1) is 13.8 Å². The number of methoxy groups -OCH3 is 3. The molecular formula is C21H22BrN3O7S. The minimum absolute atomic E-state index is 0.0112. The Morgan fingerprint density at radius 2 is 1.67 bits per heavy atom. The van der Waals surface area contributed by atoms with Gasteiger partial charge in [0.05, 0.1) is 42.0 Å². The molecule has 0 atom stereocenters. The van der Waals surface area contributed by atoms with Crippen LogP contribution >= 0.6 is 15.9 Å². The van der Waals surface area contributed by atoms with E-state index in [4.69, 9.17) is 18.7 Å². The first-order valence-electron chi connectivity index (χ1n) is 9.48. The molecule has 12 heteroatoms. The maximum absolute atomic E-state index is 12.9. The molecule has 0 aliphatic heterocycles. The van der Waals surface area contributed by atoms with Gasteiger partial charge in [-0.15, -0.1) is 0 Å². The molecule has 2 N–H and O–H groups in total. The molecule has 1 aromatic heterocycles. The number of anilines is 2. The van der Waals surface area contributed by atoms with Crippen LogP contribution in [0.2, 0.25) is 0 Å². The molecule has 0 spiro atoms. The van der Waals surface area contributed by atoms with Gasteiger partial charge in [-0.1, -0.05) is 5.16 Å². The van der Waals surface area contributed by atoms with Crippen molar-refractivity contribution in [3.05, 3.63) is 51.6 Å². The Labute approximate surface area is 199 Å². The van der Waals surface area contributed by atoms with E-state index in [-0.39, 0.29) is 16.3 Å². The maximum Gasteiger partial charge on any atom is 0.264 e. The van der Waals surface area contributed by atoms with Crippen molar-refractivity contribution in [1.82, 2.24) is 5.16 Å².